The van der Waals surface area contributed by atoms with Crippen LogP contribution in [0, 0.1) is 11.6 Å². The highest BCUT2D eigenvalue weighted by Gasteiger charge is 2.30. The van der Waals surface area contributed by atoms with Crippen LogP contribution in [-0.2, 0) is 9.59 Å². The zero-order chi connectivity index (χ0) is 13.9. The first-order valence-electron chi connectivity index (χ1n) is 5.29. The molecule has 0 aliphatic heterocycles. The van der Waals surface area contributed by atoms with Gasteiger partial charge in [-0.1, -0.05) is 6.07 Å². The van der Waals surface area contributed by atoms with Gasteiger partial charge in [-0.3, -0.25) is 4.79 Å². The van der Waals surface area contributed by atoms with Gasteiger partial charge in [0.1, 0.15) is 11.6 Å². The van der Waals surface area contributed by atoms with Gasteiger partial charge in [-0.05, 0) is 19.9 Å². The van der Waals surface area contributed by atoms with Crippen molar-refractivity contribution in [1.29, 1.82) is 0 Å². The molecule has 0 aliphatic rings. The van der Waals surface area contributed by atoms with Gasteiger partial charge in [-0.25, -0.2) is 13.6 Å². The number of nitrogens with zero attached hydrogens (tertiary/aromatic N) is 1. The lowest BCUT2D eigenvalue weighted by atomic mass is 10.0. The summed E-state index contributed by atoms with van der Waals surface area (Å²) in [6.45, 7) is 3.21. The lowest BCUT2D eigenvalue weighted by molar-refractivity contribution is -0.148. The van der Waals surface area contributed by atoms with Crippen molar-refractivity contribution in [3.05, 3.63) is 35.4 Å². The summed E-state index contributed by atoms with van der Waals surface area (Å²) in [6.07, 6.45) is 0.340. The van der Waals surface area contributed by atoms with Gasteiger partial charge in [0.2, 0.25) is 6.41 Å². The molecule has 1 amide bonds. The van der Waals surface area contributed by atoms with Crippen LogP contribution in [0.5, 0.6) is 0 Å². The number of carbonyl (C=O) groups is 2. The van der Waals surface area contributed by atoms with Crippen LogP contribution in [0.4, 0.5) is 8.78 Å². The Bertz CT molecular complexity index is 463. The van der Waals surface area contributed by atoms with Crippen LogP contribution in [-0.4, -0.2) is 28.4 Å². The third-order valence-electron chi connectivity index (χ3n) is 2.51. The van der Waals surface area contributed by atoms with Crippen molar-refractivity contribution in [3.63, 3.8) is 0 Å². The normalized spacial score (nSPS) is 12.3. The van der Waals surface area contributed by atoms with Gasteiger partial charge < -0.3 is 10.0 Å². The standard InChI is InChI=1S/C12H13F2NO3/c1-7(2)15(6-16)11(12(17)18)9-4-3-8(13)5-10(9)14/h3-7,11H,1-2H3,(H,17,18). The van der Waals surface area contributed by atoms with Crippen LogP contribution >= 0.6 is 0 Å². The van der Waals surface area contributed by atoms with Gasteiger partial charge in [0.15, 0.2) is 6.04 Å². The first kappa shape index (κ1) is 14.1. The highest BCUT2D eigenvalue weighted by molar-refractivity contribution is 5.78. The molecule has 1 N–H and O–H groups in total. The zero-order valence-electron chi connectivity index (χ0n) is 9.93. The quantitative estimate of drug-likeness (QED) is 0.820. The van der Waals surface area contributed by atoms with E-state index in [2.05, 4.69) is 0 Å². The topological polar surface area (TPSA) is 57.6 Å². The molecule has 1 unspecified atom stereocenters. The van der Waals surface area contributed by atoms with Crippen LogP contribution in [0.25, 0.3) is 0 Å². The predicted octanol–water partition coefficient (Wildman–Crippen LogP) is 1.96. The number of carboxylic acids is 1. The Hall–Kier alpha value is -1.98. The van der Waals surface area contributed by atoms with Crippen LogP contribution in [0.3, 0.4) is 0 Å². The number of hydrogen-bond donors (Lipinski definition) is 1. The van der Waals surface area contributed by atoms with Crippen molar-refractivity contribution in [3.8, 4) is 0 Å². The van der Waals surface area contributed by atoms with Gasteiger partial charge in [-0.15, -0.1) is 0 Å². The van der Waals surface area contributed by atoms with E-state index in [0.29, 0.717) is 12.5 Å². The number of hydrogen-bond acceptors (Lipinski definition) is 2. The van der Waals surface area contributed by atoms with Crippen molar-refractivity contribution in [2.45, 2.75) is 25.9 Å². The molecule has 1 atom stereocenters. The smallest absolute Gasteiger partial charge is 0.331 e. The van der Waals surface area contributed by atoms with Crippen LogP contribution < -0.4 is 0 Å². The average Bonchev–Trinajstić information content (AvgIpc) is 2.26. The van der Waals surface area contributed by atoms with Gasteiger partial charge in [0.05, 0.1) is 0 Å². The minimum Gasteiger partial charge on any atom is -0.479 e. The summed E-state index contributed by atoms with van der Waals surface area (Å²) in [5.74, 6) is -3.17. The third-order valence-corrected chi connectivity index (χ3v) is 2.51. The fourth-order valence-corrected chi connectivity index (χ4v) is 1.63. The second-order valence-electron chi connectivity index (χ2n) is 4.05. The van der Waals surface area contributed by atoms with E-state index in [9.17, 15) is 18.4 Å². The number of rotatable bonds is 5. The maximum absolute atomic E-state index is 13.6. The molecule has 0 saturated heterocycles. The number of benzene rings is 1. The number of amides is 1. The molecular weight excluding hydrogens is 244 g/mol. The zero-order valence-corrected chi connectivity index (χ0v) is 9.93. The second kappa shape index (κ2) is 5.57. The first-order chi connectivity index (χ1) is 8.38. The van der Waals surface area contributed by atoms with Crippen molar-refractivity contribution < 1.29 is 23.5 Å². The molecule has 6 heteroatoms. The highest BCUT2D eigenvalue weighted by Crippen LogP contribution is 2.25. The number of carboxylic acid groups (broad SMARTS) is 1. The summed E-state index contributed by atoms with van der Waals surface area (Å²) in [5.41, 5.74) is -0.246. The van der Waals surface area contributed by atoms with Crippen LogP contribution in [0.15, 0.2) is 18.2 Å². The Kier molecular flexibility index (Phi) is 4.36. The maximum Gasteiger partial charge on any atom is 0.331 e. The molecule has 0 fully saturated rings. The molecule has 1 aromatic carbocycles. The van der Waals surface area contributed by atoms with Gasteiger partial charge in [0, 0.05) is 17.7 Å². The van der Waals surface area contributed by atoms with Crippen molar-refractivity contribution in [2.24, 2.45) is 0 Å². The molecule has 0 spiro atoms. The minimum absolute atomic E-state index is 0.246. The first-order valence-corrected chi connectivity index (χ1v) is 5.29. The predicted molar refractivity (Wildman–Crippen MR) is 59.8 cm³/mol. The molecule has 0 aromatic heterocycles. The SMILES string of the molecule is CC(C)N(C=O)C(C(=O)O)c1ccc(F)cc1F. The van der Waals surface area contributed by atoms with Crippen molar-refractivity contribution in [2.75, 3.05) is 0 Å². The van der Waals surface area contributed by atoms with Crippen LogP contribution in [0.1, 0.15) is 25.5 Å². The summed E-state index contributed by atoms with van der Waals surface area (Å²) >= 11 is 0. The minimum atomic E-state index is -1.47. The lowest BCUT2D eigenvalue weighted by Gasteiger charge is -2.29. The fraction of sp³-hybridized carbons (Fsp3) is 0.333. The molecule has 0 aliphatic carbocycles. The average molecular weight is 257 g/mol. The summed E-state index contributed by atoms with van der Waals surface area (Å²) in [6, 6.07) is 0.686. The molecular formula is C12H13F2NO3. The monoisotopic (exact) mass is 257 g/mol. The molecule has 0 saturated carbocycles. The molecule has 98 valence electrons. The van der Waals surface area contributed by atoms with E-state index in [-0.39, 0.29) is 5.56 Å². The molecule has 4 nitrogen and oxygen atoms in total. The van der Waals surface area contributed by atoms with Crippen molar-refractivity contribution >= 4 is 12.4 Å². The Morgan fingerprint density at radius 2 is 2.00 bits per heavy atom. The third kappa shape index (κ3) is 2.82. The number of aliphatic carboxylic acids is 1. The second-order valence-corrected chi connectivity index (χ2v) is 4.05. The van der Waals surface area contributed by atoms with Crippen LogP contribution in [0.2, 0.25) is 0 Å². The van der Waals surface area contributed by atoms with Gasteiger partial charge in [0.25, 0.3) is 0 Å². The lowest BCUT2D eigenvalue weighted by Crippen LogP contribution is -2.38. The Morgan fingerprint density at radius 1 is 1.39 bits per heavy atom. The van der Waals surface area contributed by atoms with Crippen molar-refractivity contribution in [1.82, 2.24) is 4.90 Å². The van der Waals surface area contributed by atoms with E-state index in [1.807, 2.05) is 0 Å². The fourth-order valence-electron chi connectivity index (χ4n) is 1.63. The van der Waals surface area contributed by atoms with E-state index in [1.165, 1.54) is 0 Å². The number of halogens is 2. The molecule has 1 rings (SSSR count). The molecule has 0 bridgehead atoms. The molecule has 1 aromatic rings. The van der Waals surface area contributed by atoms with Gasteiger partial charge in [-0.2, -0.15) is 0 Å². The maximum atomic E-state index is 13.6. The number of carbonyl (C=O) groups excluding carboxylic acids is 1. The van der Waals surface area contributed by atoms with E-state index in [1.54, 1.807) is 13.8 Å². The summed E-state index contributed by atoms with van der Waals surface area (Å²) in [7, 11) is 0. The summed E-state index contributed by atoms with van der Waals surface area (Å²) in [4.78, 5) is 23.0. The Morgan fingerprint density at radius 3 is 2.39 bits per heavy atom. The Balaban J connectivity index is 3.27. The van der Waals surface area contributed by atoms with E-state index < -0.39 is 29.7 Å². The molecule has 0 radical (unpaired) electrons. The summed E-state index contributed by atoms with van der Waals surface area (Å²) in [5, 5.41) is 9.11. The highest BCUT2D eigenvalue weighted by atomic mass is 19.1. The van der Waals surface area contributed by atoms with E-state index in [0.717, 1.165) is 17.0 Å². The molecule has 18 heavy (non-hydrogen) atoms. The van der Waals surface area contributed by atoms with E-state index >= 15 is 0 Å². The van der Waals surface area contributed by atoms with Gasteiger partial charge >= 0.3 is 5.97 Å². The Labute approximate surface area is 103 Å². The largest absolute Gasteiger partial charge is 0.479 e. The summed E-state index contributed by atoms with van der Waals surface area (Å²) < 4.78 is 26.4. The molecule has 0 heterocycles. The van der Waals surface area contributed by atoms with E-state index in [4.69, 9.17) is 5.11 Å².